The van der Waals surface area contributed by atoms with Crippen molar-refractivity contribution in [2.24, 2.45) is 5.92 Å². The van der Waals surface area contributed by atoms with Crippen molar-refractivity contribution in [3.63, 3.8) is 0 Å². The Morgan fingerprint density at radius 2 is 2.06 bits per heavy atom. The topological polar surface area (TPSA) is 41.1 Å². The molecule has 0 aromatic heterocycles. The van der Waals surface area contributed by atoms with E-state index in [1.807, 2.05) is 11.8 Å². The molecule has 4 heteroatoms. The Bertz CT molecular complexity index is 233. The minimum absolute atomic E-state index is 0.0399. The van der Waals surface area contributed by atoms with Gasteiger partial charge in [-0.15, -0.1) is 0 Å². The summed E-state index contributed by atoms with van der Waals surface area (Å²) in [7, 11) is 0. The summed E-state index contributed by atoms with van der Waals surface area (Å²) in [5.74, 6) is 3.11. The molecule has 1 unspecified atom stereocenters. The summed E-state index contributed by atoms with van der Waals surface area (Å²) in [6.07, 6.45) is 4.84. The van der Waals surface area contributed by atoms with Crippen molar-refractivity contribution in [2.45, 2.75) is 44.7 Å². The highest BCUT2D eigenvalue weighted by atomic mass is 32.2. The zero-order valence-corrected chi connectivity index (χ0v) is 10.8. The summed E-state index contributed by atoms with van der Waals surface area (Å²) in [5.41, 5.74) is 0. The predicted octanol–water partition coefficient (Wildman–Crippen LogP) is 1.39. The van der Waals surface area contributed by atoms with E-state index in [-0.39, 0.29) is 11.9 Å². The van der Waals surface area contributed by atoms with Gasteiger partial charge in [-0.1, -0.05) is 6.92 Å². The molecule has 1 atom stereocenters. The fraction of sp³-hybridized carbons (Fsp3) is 0.917. The molecule has 1 amide bonds. The normalized spacial score (nSPS) is 35.7. The van der Waals surface area contributed by atoms with Crippen molar-refractivity contribution in [1.82, 2.24) is 10.6 Å². The van der Waals surface area contributed by atoms with Gasteiger partial charge in [0.05, 0.1) is 6.04 Å². The van der Waals surface area contributed by atoms with Crippen LogP contribution in [-0.2, 0) is 4.79 Å². The predicted molar refractivity (Wildman–Crippen MR) is 68.7 cm³/mol. The summed E-state index contributed by atoms with van der Waals surface area (Å²) < 4.78 is 0. The summed E-state index contributed by atoms with van der Waals surface area (Å²) in [5, 5.41) is 6.48. The van der Waals surface area contributed by atoms with E-state index in [0.29, 0.717) is 6.04 Å². The van der Waals surface area contributed by atoms with Crippen LogP contribution in [0.4, 0.5) is 0 Å². The molecule has 2 fully saturated rings. The SMILES string of the molecule is CC1CCC(NC(=O)C2CSCCN2)CC1. The Hall–Kier alpha value is -0.220. The first-order valence-corrected chi connectivity index (χ1v) is 7.52. The summed E-state index contributed by atoms with van der Waals surface area (Å²) in [6.45, 7) is 3.27. The number of hydrogen-bond donors (Lipinski definition) is 2. The third kappa shape index (κ3) is 3.39. The molecule has 16 heavy (non-hydrogen) atoms. The van der Waals surface area contributed by atoms with Gasteiger partial charge < -0.3 is 10.6 Å². The van der Waals surface area contributed by atoms with Crippen LogP contribution in [0.15, 0.2) is 0 Å². The molecule has 0 spiro atoms. The molecule has 1 aliphatic heterocycles. The summed E-state index contributed by atoms with van der Waals surface area (Å²) in [4.78, 5) is 12.0. The molecule has 0 radical (unpaired) electrons. The van der Waals surface area contributed by atoms with E-state index in [4.69, 9.17) is 0 Å². The van der Waals surface area contributed by atoms with Crippen LogP contribution in [0.2, 0.25) is 0 Å². The number of amides is 1. The summed E-state index contributed by atoms with van der Waals surface area (Å²) in [6, 6.07) is 0.468. The van der Waals surface area contributed by atoms with E-state index < -0.39 is 0 Å². The molecule has 1 aliphatic carbocycles. The van der Waals surface area contributed by atoms with Crippen LogP contribution < -0.4 is 10.6 Å². The second-order valence-electron chi connectivity index (χ2n) is 5.05. The fourth-order valence-corrected chi connectivity index (χ4v) is 3.37. The first-order valence-electron chi connectivity index (χ1n) is 6.37. The van der Waals surface area contributed by atoms with Gasteiger partial charge in [-0.3, -0.25) is 4.79 Å². The van der Waals surface area contributed by atoms with Gasteiger partial charge in [0.25, 0.3) is 0 Å². The molecule has 1 saturated carbocycles. The Labute approximate surface area is 102 Å². The molecular formula is C12H22N2OS. The van der Waals surface area contributed by atoms with Crippen LogP contribution in [0.5, 0.6) is 0 Å². The van der Waals surface area contributed by atoms with E-state index in [2.05, 4.69) is 17.6 Å². The van der Waals surface area contributed by atoms with Crippen molar-refractivity contribution in [1.29, 1.82) is 0 Å². The van der Waals surface area contributed by atoms with E-state index >= 15 is 0 Å². The van der Waals surface area contributed by atoms with Gasteiger partial charge in [0.1, 0.15) is 0 Å². The molecule has 0 bridgehead atoms. The summed E-state index contributed by atoms with van der Waals surface area (Å²) >= 11 is 1.87. The maximum absolute atomic E-state index is 12.0. The quantitative estimate of drug-likeness (QED) is 0.769. The first kappa shape index (κ1) is 12.2. The largest absolute Gasteiger partial charge is 0.352 e. The molecule has 92 valence electrons. The monoisotopic (exact) mass is 242 g/mol. The average molecular weight is 242 g/mol. The third-order valence-corrected chi connectivity index (χ3v) is 4.66. The maximum Gasteiger partial charge on any atom is 0.238 e. The van der Waals surface area contributed by atoms with Crippen LogP contribution >= 0.6 is 11.8 Å². The lowest BCUT2D eigenvalue weighted by atomic mass is 9.87. The van der Waals surface area contributed by atoms with Gasteiger partial charge in [-0.2, -0.15) is 11.8 Å². The fourth-order valence-electron chi connectivity index (χ4n) is 2.44. The van der Waals surface area contributed by atoms with Crippen LogP contribution in [0.25, 0.3) is 0 Å². The smallest absolute Gasteiger partial charge is 0.238 e. The highest BCUT2D eigenvalue weighted by Gasteiger charge is 2.25. The zero-order valence-electron chi connectivity index (χ0n) is 10.00. The van der Waals surface area contributed by atoms with Crippen molar-refractivity contribution in [2.75, 3.05) is 18.1 Å². The number of carbonyl (C=O) groups is 1. The number of hydrogen-bond acceptors (Lipinski definition) is 3. The standard InChI is InChI=1S/C12H22N2OS/c1-9-2-4-10(5-3-9)14-12(15)11-8-16-7-6-13-11/h9-11,13H,2-8H2,1H3,(H,14,15). The van der Waals surface area contributed by atoms with E-state index in [1.54, 1.807) is 0 Å². The molecular weight excluding hydrogens is 220 g/mol. The van der Waals surface area contributed by atoms with E-state index in [0.717, 1.165) is 36.8 Å². The minimum Gasteiger partial charge on any atom is -0.352 e. The van der Waals surface area contributed by atoms with Gasteiger partial charge in [-0.05, 0) is 31.6 Å². The van der Waals surface area contributed by atoms with Crippen LogP contribution in [-0.4, -0.2) is 36.0 Å². The lowest BCUT2D eigenvalue weighted by Crippen LogP contribution is -2.51. The molecule has 2 rings (SSSR count). The first-order chi connectivity index (χ1) is 7.75. The number of carbonyl (C=O) groups excluding carboxylic acids is 1. The van der Waals surface area contributed by atoms with E-state index in [1.165, 1.54) is 12.8 Å². The average Bonchev–Trinajstić information content (AvgIpc) is 2.33. The highest BCUT2D eigenvalue weighted by molar-refractivity contribution is 7.99. The number of rotatable bonds is 2. The Kier molecular flexibility index (Phi) is 4.53. The van der Waals surface area contributed by atoms with Gasteiger partial charge in [0.15, 0.2) is 0 Å². The van der Waals surface area contributed by atoms with Crippen molar-refractivity contribution in [3.8, 4) is 0 Å². The number of nitrogens with one attached hydrogen (secondary N) is 2. The second-order valence-corrected chi connectivity index (χ2v) is 6.20. The van der Waals surface area contributed by atoms with Gasteiger partial charge in [0.2, 0.25) is 5.91 Å². The Balaban J connectivity index is 1.73. The van der Waals surface area contributed by atoms with Crippen LogP contribution in [0.1, 0.15) is 32.6 Å². The minimum atomic E-state index is 0.0399. The third-order valence-electron chi connectivity index (χ3n) is 3.60. The van der Waals surface area contributed by atoms with Crippen molar-refractivity contribution >= 4 is 17.7 Å². The second kappa shape index (κ2) is 5.92. The molecule has 1 heterocycles. The molecule has 0 aromatic rings. The molecule has 2 aliphatic rings. The van der Waals surface area contributed by atoms with Crippen molar-refractivity contribution < 1.29 is 4.79 Å². The highest BCUT2D eigenvalue weighted by Crippen LogP contribution is 2.23. The number of thioether (sulfide) groups is 1. The van der Waals surface area contributed by atoms with Crippen LogP contribution in [0.3, 0.4) is 0 Å². The lowest BCUT2D eigenvalue weighted by Gasteiger charge is -2.29. The Morgan fingerprint density at radius 3 is 2.69 bits per heavy atom. The van der Waals surface area contributed by atoms with Gasteiger partial charge in [-0.25, -0.2) is 0 Å². The van der Waals surface area contributed by atoms with Crippen LogP contribution in [0, 0.1) is 5.92 Å². The maximum atomic E-state index is 12.0. The molecule has 2 N–H and O–H groups in total. The van der Waals surface area contributed by atoms with Crippen molar-refractivity contribution in [3.05, 3.63) is 0 Å². The molecule has 0 aromatic carbocycles. The lowest BCUT2D eigenvalue weighted by molar-refractivity contribution is -0.123. The Morgan fingerprint density at radius 1 is 1.31 bits per heavy atom. The van der Waals surface area contributed by atoms with Gasteiger partial charge in [0, 0.05) is 24.1 Å². The zero-order chi connectivity index (χ0) is 11.4. The molecule has 1 saturated heterocycles. The molecule has 3 nitrogen and oxygen atoms in total. The van der Waals surface area contributed by atoms with Gasteiger partial charge >= 0.3 is 0 Å². The van der Waals surface area contributed by atoms with E-state index in [9.17, 15) is 4.79 Å².